The van der Waals surface area contributed by atoms with Gasteiger partial charge in [0.05, 0.1) is 0 Å². The fourth-order valence-electron chi connectivity index (χ4n) is 5.62. The molecule has 2 saturated heterocycles. The van der Waals surface area contributed by atoms with E-state index in [2.05, 4.69) is 76.8 Å². The minimum Gasteiger partial charge on any atom is -0.490 e. The zero-order chi connectivity index (χ0) is 25.5. The molecule has 194 valence electrons. The van der Waals surface area contributed by atoms with Crippen molar-refractivity contribution in [1.82, 2.24) is 15.1 Å². The minimum atomic E-state index is -0.0151. The van der Waals surface area contributed by atoms with Crippen molar-refractivity contribution >= 4 is 5.91 Å². The standard InChI is InChI=1S/C32H39N3O2/c1-34-19-7-13-29(34)15-18-33-32(36)28-12-6-14-31(23-28)37-30-16-20-35(21-17-30)24-25-8-5-11-27(22-25)26-9-3-2-4-10-26/h2-6,8-12,14,22-23,29-30H,7,13,15-21,24H2,1H3,(H,33,36). The van der Waals surface area contributed by atoms with Crippen LogP contribution in [0.3, 0.4) is 0 Å². The Morgan fingerprint density at radius 1 is 0.892 bits per heavy atom. The molecular weight excluding hydrogens is 458 g/mol. The van der Waals surface area contributed by atoms with Crippen molar-refractivity contribution in [3.63, 3.8) is 0 Å². The van der Waals surface area contributed by atoms with Crippen molar-refractivity contribution in [2.24, 2.45) is 0 Å². The van der Waals surface area contributed by atoms with Gasteiger partial charge in [-0.1, -0.05) is 54.6 Å². The molecule has 1 amide bonds. The van der Waals surface area contributed by atoms with E-state index in [1.807, 2.05) is 24.3 Å². The number of likely N-dealkylation sites (tertiary alicyclic amines) is 2. The van der Waals surface area contributed by atoms with Crippen molar-refractivity contribution in [2.45, 2.75) is 50.8 Å². The van der Waals surface area contributed by atoms with Crippen LogP contribution in [-0.4, -0.2) is 61.1 Å². The number of hydrogen-bond acceptors (Lipinski definition) is 4. The minimum absolute atomic E-state index is 0.0151. The molecule has 0 saturated carbocycles. The highest BCUT2D eigenvalue weighted by molar-refractivity contribution is 5.94. The van der Waals surface area contributed by atoms with Gasteiger partial charge < -0.3 is 15.0 Å². The van der Waals surface area contributed by atoms with Gasteiger partial charge in [0.25, 0.3) is 5.91 Å². The summed E-state index contributed by atoms with van der Waals surface area (Å²) in [5.41, 5.74) is 4.55. The largest absolute Gasteiger partial charge is 0.490 e. The van der Waals surface area contributed by atoms with Crippen LogP contribution in [0.2, 0.25) is 0 Å². The molecule has 5 nitrogen and oxygen atoms in total. The van der Waals surface area contributed by atoms with Crippen LogP contribution in [-0.2, 0) is 6.54 Å². The van der Waals surface area contributed by atoms with Gasteiger partial charge in [-0.3, -0.25) is 9.69 Å². The third-order valence-corrected chi connectivity index (χ3v) is 7.81. The van der Waals surface area contributed by atoms with Gasteiger partial charge in [0.2, 0.25) is 0 Å². The number of carbonyl (C=O) groups excluding carboxylic acids is 1. The Kier molecular flexibility index (Phi) is 8.54. The predicted molar refractivity (Wildman–Crippen MR) is 150 cm³/mol. The van der Waals surface area contributed by atoms with Gasteiger partial charge in [0.15, 0.2) is 0 Å². The summed E-state index contributed by atoms with van der Waals surface area (Å²) in [7, 11) is 2.17. The molecule has 0 aliphatic carbocycles. The fourth-order valence-corrected chi connectivity index (χ4v) is 5.62. The van der Waals surface area contributed by atoms with E-state index < -0.39 is 0 Å². The smallest absolute Gasteiger partial charge is 0.251 e. The summed E-state index contributed by atoms with van der Waals surface area (Å²) in [5, 5.41) is 3.09. The summed E-state index contributed by atoms with van der Waals surface area (Å²) in [6, 6.07) is 27.7. The van der Waals surface area contributed by atoms with E-state index in [1.165, 1.54) is 36.1 Å². The van der Waals surface area contributed by atoms with E-state index in [4.69, 9.17) is 4.74 Å². The molecule has 2 aliphatic heterocycles. The second-order valence-corrected chi connectivity index (χ2v) is 10.5. The molecule has 3 aromatic carbocycles. The first-order valence-electron chi connectivity index (χ1n) is 13.8. The van der Waals surface area contributed by atoms with E-state index in [0.717, 1.165) is 44.6 Å². The molecule has 0 spiro atoms. The molecule has 2 heterocycles. The van der Waals surface area contributed by atoms with E-state index in [1.54, 1.807) is 0 Å². The summed E-state index contributed by atoms with van der Waals surface area (Å²) in [6.07, 6.45) is 5.66. The number of nitrogens with one attached hydrogen (secondary N) is 1. The van der Waals surface area contributed by atoms with E-state index in [9.17, 15) is 4.79 Å². The molecular formula is C32H39N3O2. The van der Waals surface area contributed by atoms with Gasteiger partial charge in [-0.2, -0.15) is 0 Å². The van der Waals surface area contributed by atoms with Gasteiger partial charge >= 0.3 is 0 Å². The first kappa shape index (κ1) is 25.5. The highest BCUT2D eigenvalue weighted by Gasteiger charge is 2.22. The van der Waals surface area contributed by atoms with E-state index >= 15 is 0 Å². The lowest BCUT2D eigenvalue weighted by atomic mass is 10.0. The lowest BCUT2D eigenvalue weighted by molar-refractivity contribution is 0.0934. The Morgan fingerprint density at radius 2 is 1.68 bits per heavy atom. The van der Waals surface area contributed by atoms with Crippen LogP contribution in [0, 0.1) is 0 Å². The Hall–Kier alpha value is -3.15. The van der Waals surface area contributed by atoms with Crippen LogP contribution in [0.1, 0.15) is 48.0 Å². The van der Waals surface area contributed by atoms with E-state index in [-0.39, 0.29) is 12.0 Å². The summed E-state index contributed by atoms with van der Waals surface area (Å²) < 4.78 is 6.31. The number of benzene rings is 3. The molecule has 5 rings (SSSR count). The van der Waals surface area contributed by atoms with Crippen LogP contribution in [0.4, 0.5) is 0 Å². The third kappa shape index (κ3) is 7.00. The quantitative estimate of drug-likeness (QED) is 0.417. The summed E-state index contributed by atoms with van der Waals surface area (Å²) in [4.78, 5) is 17.6. The zero-order valence-electron chi connectivity index (χ0n) is 21.9. The molecule has 2 fully saturated rings. The average molecular weight is 498 g/mol. The highest BCUT2D eigenvalue weighted by Crippen LogP contribution is 2.24. The summed E-state index contributed by atoms with van der Waals surface area (Å²) >= 11 is 0. The van der Waals surface area contributed by atoms with E-state index in [0.29, 0.717) is 18.2 Å². The normalized spacial score (nSPS) is 19.1. The third-order valence-electron chi connectivity index (χ3n) is 7.81. The Bertz CT molecular complexity index is 1160. The Labute approximate surface area is 221 Å². The average Bonchev–Trinajstić information content (AvgIpc) is 3.35. The summed E-state index contributed by atoms with van der Waals surface area (Å²) in [6.45, 7) is 4.86. The molecule has 1 unspecified atom stereocenters. The van der Waals surface area contributed by atoms with Crippen molar-refractivity contribution in [1.29, 1.82) is 0 Å². The van der Waals surface area contributed by atoms with Crippen LogP contribution in [0.15, 0.2) is 78.9 Å². The van der Waals surface area contributed by atoms with Crippen LogP contribution in [0.5, 0.6) is 5.75 Å². The van der Waals surface area contributed by atoms with Gasteiger partial charge in [0, 0.05) is 37.8 Å². The van der Waals surface area contributed by atoms with Gasteiger partial charge in [-0.05, 0) is 86.7 Å². The van der Waals surface area contributed by atoms with Crippen LogP contribution >= 0.6 is 0 Å². The maximum atomic E-state index is 12.7. The SMILES string of the molecule is CN1CCCC1CCNC(=O)c1cccc(OC2CCN(Cc3cccc(-c4ccccc4)c3)CC2)c1. The molecule has 0 aromatic heterocycles. The number of amides is 1. The topological polar surface area (TPSA) is 44.8 Å². The lowest BCUT2D eigenvalue weighted by Crippen LogP contribution is -2.37. The second-order valence-electron chi connectivity index (χ2n) is 10.5. The molecule has 5 heteroatoms. The zero-order valence-corrected chi connectivity index (χ0v) is 21.9. The second kappa shape index (κ2) is 12.4. The molecule has 1 N–H and O–H groups in total. The summed E-state index contributed by atoms with van der Waals surface area (Å²) in [5.74, 6) is 0.774. The number of nitrogens with zero attached hydrogens (tertiary/aromatic N) is 2. The molecule has 3 aromatic rings. The molecule has 37 heavy (non-hydrogen) atoms. The first-order chi connectivity index (χ1) is 18.1. The van der Waals surface area contributed by atoms with Crippen LogP contribution in [0.25, 0.3) is 11.1 Å². The molecule has 1 atom stereocenters. The van der Waals surface area contributed by atoms with Crippen LogP contribution < -0.4 is 10.1 Å². The Balaban J connectivity index is 1.08. The fraction of sp³-hybridized carbons (Fsp3) is 0.406. The maximum absolute atomic E-state index is 12.7. The van der Waals surface area contributed by atoms with Crippen molar-refractivity contribution < 1.29 is 9.53 Å². The van der Waals surface area contributed by atoms with Crippen molar-refractivity contribution in [3.8, 4) is 16.9 Å². The maximum Gasteiger partial charge on any atom is 0.251 e. The number of piperidine rings is 1. The number of rotatable bonds is 9. The number of hydrogen-bond donors (Lipinski definition) is 1. The predicted octanol–water partition coefficient (Wildman–Crippen LogP) is 5.61. The highest BCUT2D eigenvalue weighted by atomic mass is 16.5. The molecule has 2 aliphatic rings. The monoisotopic (exact) mass is 497 g/mol. The van der Waals surface area contributed by atoms with Gasteiger partial charge in [-0.15, -0.1) is 0 Å². The molecule has 0 bridgehead atoms. The van der Waals surface area contributed by atoms with Crippen molar-refractivity contribution in [2.75, 3.05) is 33.2 Å². The Morgan fingerprint density at radius 3 is 2.46 bits per heavy atom. The van der Waals surface area contributed by atoms with Gasteiger partial charge in [0.1, 0.15) is 11.9 Å². The van der Waals surface area contributed by atoms with Crippen molar-refractivity contribution in [3.05, 3.63) is 90.0 Å². The molecule has 0 radical (unpaired) electrons. The number of ether oxygens (including phenoxy) is 1. The van der Waals surface area contributed by atoms with Gasteiger partial charge in [-0.25, -0.2) is 0 Å². The number of carbonyl (C=O) groups is 1. The first-order valence-corrected chi connectivity index (χ1v) is 13.8. The lowest BCUT2D eigenvalue weighted by Gasteiger charge is -2.32.